The van der Waals surface area contributed by atoms with E-state index < -0.39 is 21.4 Å². The lowest BCUT2D eigenvalue weighted by atomic mass is 9.95. The van der Waals surface area contributed by atoms with Crippen molar-refractivity contribution in [1.29, 1.82) is 0 Å². The highest BCUT2D eigenvalue weighted by Gasteiger charge is 2.31. The molecule has 1 aromatic rings. The van der Waals surface area contributed by atoms with Crippen molar-refractivity contribution in [2.45, 2.75) is 44.0 Å². The van der Waals surface area contributed by atoms with Gasteiger partial charge in [0.15, 0.2) is 0 Å². The monoisotopic (exact) mass is 288 g/mol. The zero-order chi connectivity index (χ0) is 14.7. The van der Waals surface area contributed by atoms with E-state index in [2.05, 4.69) is 4.72 Å². The average molecular weight is 288 g/mol. The quantitative estimate of drug-likeness (QED) is 0.840. The molecule has 0 amide bonds. The highest BCUT2D eigenvalue weighted by atomic mass is 32.2. The Bertz CT molecular complexity index is 511. The van der Waals surface area contributed by atoms with Crippen LogP contribution in [0.2, 0.25) is 0 Å². The Balaban J connectivity index is 3.17. The molecule has 0 aliphatic heterocycles. The number of nitrogens with one attached hydrogen (secondary N) is 1. The summed E-state index contributed by atoms with van der Waals surface area (Å²) in [5, 5.41) is 0. The van der Waals surface area contributed by atoms with Crippen LogP contribution in [0.1, 0.15) is 32.3 Å². The summed E-state index contributed by atoms with van der Waals surface area (Å²) in [5.74, 6) is -0.563. The average Bonchev–Trinajstić information content (AvgIpc) is 2.35. The summed E-state index contributed by atoms with van der Waals surface area (Å²) in [6.07, 6.45) is 1.15. The van der Waals surface area contributed by atoms with E-state index in [9.17, 15) is 12.8 Å². The lowest BCUT2D eigenvalue weighted by molar-refractivity contribution is 0.363. The predicted octanol–water partition coefficient (Wildman–Crippen LogP) is 1.93. The van der Waals surface area contributed by atoms with E-state index in [1.807, 2.05) is 13.8 Å². The number of sulfonamides is 1. The van der Waals surface area contributed by atoms with Crippen LogP contribution in [0.4, 0.5) is 4.39 Å². The molecule has 0 fully saturated rings. The molecule has 0 bridgehead atoms. The number of hydrogen-bond acceptors (Lipinski definition) is 3. The fourth-order valence-corrected chi connectivity index (χ4v) is 3.60. The summed E-state index contributed by atoms with van der Waals surface area (Å²) in [5.41, 5.74) is 5.55. The van der Waals surface area contributed by atoms with Crippen LogP contribution in [0.3, 0.4) is 0 Å². The van der Waals surface area contributed by atoms with E-state index in [1.165, 1.54) is 12.1 Å². The summed E-state index contributed by atoms with van der Waals surface area (Å²) in [4.78, 5) is -0.0651. The molecule has 19 heavy (non-hydrogen) atoms. The number of hydrogen-bond donors (Lipinski definition) is 2. The number of rotatable bonds is 6. The second-order valence-corrected chi connectivity index (χ2v) is 6.44. The van der Waals surface area contributed by atoms with Gasteiger partial charge in [-0.3, -0.25) is 0 Å². The van der Waals surface area contributed by atoms with E-state index in [-0.39, 0.29) is 11.4 Å². The second-order valence-electron chi connectivity index (χ2n) is 4.76. The zero-order valence-electron chi connectivity index (χ0n) is 11.5. The van der Waals surface area contributed by atoms with Gasteiger partial charge in [0.2, 0.25) is 10.0 Å². The van der Waals surface area contributed by atoms with Crippen LogP contribution in [0.25, 0.3) is 0 Å². The largest absolute Gasteiger partial charge is 0.329 e. The smallest absolute Gasteiger partial charge is 0.241 e. The summed E-state index contributed by atoms with van der Waals surface area (Å²) in [6, 6.07) is 3.74. The maximum Gasteiger partial charge on any atom is 0.241 e. The van der Waals surface area contributed by atoms with Gasteiger partial charge in [-0.25, -0.2) is 17.5 Å². The first kappa shape index (κ1) is 16.1. The third kappa shape index (κ3) is 3.75. The van der Waals surface area contributed by atoms with Gasteiger partial charge in [0.1, 0.15) is 5.82 Å². The molecule has 0 spiro atoms. The Morgan fingerprint density at radius 2 is 1.84 bits per heavy atom. The first-order valence-corrected chi connectivity index (χ1v) is 7.78. The van der Waals surface area contributed by atoms with Gasteiger partial charge in [-0.05, 0) is 43.5 Å². The van der Waals surface area contributed by atoms with Crippen molar-refractivity contribution in [1.82, 2.24) is 4.72 Å². The third-order valence-corrected chi connectivity index (χ3v) is 4.98. The molecule has 0 radical (unpaired) electrons. The Kier molecular flexibility index (Phi) is 5.06. The van der Waals surface area contributed by atoms with Gasteiger partial charge < -0.3 is 5.73 Å². The van der Waals surface area contributed by atoms with Crippen molar-refractivity contribution in [2.24, 2.45) is 5.73 Å². The summed E-state index contributed by atoms with van der Waals surface area (Å²) in [7, 11) is -3.77. The minimum atomic E-state index is -3.77. The van der Waals surface area contributed by atoms with Gasteiger partial charge in [-0.2, -0.15) is 0 Å². The maximum absolute atomic E-state index is 13.3. The van der Waals surface area contributed by atoms with Crippen LogP contribution in [0, 0.1) is 12.7 Å². The molecule has 1 rings (SSSR count). The number of aryl methyl sites for hydroxylation is 1. The van der Waals surface area contributed by atoms with Crippen LogP contribution in [-0.4, -0.2) is 20.5 Å². The number of nitrogens with two attached hydrogens (primary N) is 1. The Hall–Kier alpha value is -0.980. The first-order chi connectivity index (χ1) is 8.78. The van der Waals surface area contributed by atoms with E-state index in [0.29, 0.717) is 18.4 Å². The van der Waals surface area contributed by atoms with E-state index in [1.54, 1.807) is 6.92 Å². The lowest BCUT2D eigenvalue weighted by Crippen LogP contribution is -2.52. The molecule has 0 saturated heterocycles. The van der Waals surface area contributed by atoms with Crippen molar-refractivity contribution in [3.63, 3.8) is 0 Å². The third-order valence-electron chi connectivity index (χ3n) is 3.42. The highest BCUT2D eigenvalue weighted by Crippen LogP contribution is 2.20. The normalized spacial score (nSPS) is 12.7. The molecule has 3 N–H and O–H groups in total. The number of benzene rings is 1. The fraction of sp³-hybridized carbons (Fsp3) is 0.538. The van der Waals surface area contributed by atoms with Crippen LogP contribution < -0.4 is 10.5 Å². The standard InChI is InChI=1S/C13H21FN2O2S/c1-4-13(5-2,9-15)16-19(17,18)12-7-10(3)6-11(14)8-12/h6-8,16H,4-5,9,15H2,1-3H3. The molecule has 6 heteroatoms. The van der Waals surface area contributed by atoms with Crippen LogP contribution in [0.15, 0.2) is 23.1 Å². The SMILES string of the molecule is CCC(CC)(CN)NS(=O)(=O)c1cc(C)cc(F)c1. The van der Waals surface area contributed by atoms with Crippen LogP contribution in [-0.2, 0) is 10.0 Å². The Morgan fingerprint density at radius 1 is 1.26 bits per heavy atom. The van der Waals surface area contributed by atoms with E-state index in [4.69, 9.17) is 5.73 Å². The zero-order valence-corrected chi connectivity index (χ0v) is 12.3. The molecular weight excluding hydrogens is 267 g/mol. The molecule has 1 aromatic carbocycles. The van der Waals surface area contributed by atoms with Crippen molar-refractivity contribution in [3.8, 4) is 0 Å². The van der Waals surface area contributed by atoms with Crippen molar-refractivity contribution in [3.05, 3.63) is 29.6 Å². The summed E-state index contributed by atoms with van der Waals surface area (Å²) < 4.78 is 40.5. The van der Waals surface area contributed by atoms with Crippen molar-refractivity contribution < 1.29 is 12.8 Å². The van der Waals surface area contributed by atoms with Gasteiger partial charge in [-0.1, -0.05) is 13.8 Å². The van der Waals surface area contributed by atoms with Crippen LogP contribution in [0.5, 0.6) is 0 Å². The maximum atomic E-state index is 13.3. The van der Waals surface area contributed by atoms with E-state index in [0.717, 1.165) is 6.07 Å². The van der Waals surface area contributed by atoms with Gasteiger partial charge in [0.05, 0.1) is 4.90 Å². The van der Waals surface area contributed by atoms with Gasteiger partial charge >= 0.3 is 0 Å². The first-order valence-electron chi connectivity index (χ1n) is 6.30. The minimum Gasteiger partial charge on any atom is -0.329 e. The molecule has 0 unspecified atom stereocenters. The fourth-order valence-electron chi connectivity index (χ4n) is 1.93. The molecule has 0 aromatic heterocycles. The molecule has 0 heterocycles. The Morgan fingerprint density at radius 3 is 2.26 bits per heavy atom. The molecule has 108 valence electrons. The van der Waals surface area contributed by atoms with E-state index >= 15 is 0 Å². The Labute approximate surface area is 114 Å². The van der Waals surface area contributed by atoms with Crippen LogP contribution >= 0.6 is 0 Å². The van der Waals surface area contributed by atoms with Gasteiger partial charge in [0.25, 0.3) is 0 Å². The molecule has 0 aliphatic rings. The molecule has 4 nitrogen and oxygen atoms in total. The lowest BCUT2D eigenvalue weighted by Gasteiger charge is -2.31. The second kappa shape index (κ2) is 5.98. The molecule has 0 aliphatic carbocycles. The molecule has 0 saturated carbocycles. The number of halogens is 1. The van der Waals surface area contributed by atoms with Crippen molar-refractivity contribution >= 4 is 10.0 Å². The molecule has 0 atom stereocenters. The van der Waals surface area contributed by atoms with Gasteiger partial charge in [0, 0.05) is 12.1 Å². The molecular formula is C13H21FN2O2S. The van der Waals surface area contributed by atoms with Gasteiger partial charge in [-0.15, -0.1) is 0 Å². The summed E-state index contributed by atoms with van der Waals surface area (Å²) >= 11 is 0. The van der Waals surface area contributed by atoms with Crippen molar-refractivity contribution in [2.75, 3.05) is 6.54 Å². The topological polar surface area (TPSA) is 72.2 Å². The minimum absolute atomic E-state index is 0.0651. The summed E-state index contributed by atoms with van der Waals surface area (Å²) in [6.45, 7) is 5.59. The predicted molar refractivity (Wildman–Crippen MR) is 73.8 cm³/mol. The highest BCUT2D eigenvalue weighted by molar-refractivity contribution is 7.89.